The van der Waals surface area contributed by atoms with Crippen molar-refractivity contribution in [3.63, 3.8) is 0 Å². The van der Waals surface area contributed by atoms with Gasteiger partial charge in [0.25, 0.3) is 5.24 Å². The number of thioether (sulfide) groups is 1. The van der Waals surface area contributed by atoms with Crippen molar-refractivity contribution in [2.45, 2.75) is 4.90 Å². The molecule has 0 fully saturated rings. The SMILES string of the molecule is N#CSc1cc(Cl)ccc1C(=O)Cl. The summed E-state index contributed by atoms with van der Waals surface area (Å²) in [6.45, 7) is 0. The largest absolute Gasteiger partial charge is 0.276 e. The molecule has 0 atom stereocenters. The molecule has 0 amide bonds. The molecule has 0 unspecified atom stereocenters. The quantitative estimate of drug-likeness (QED) is 0.446. The zero-order valence-electron chi connectivity index (χ0n) is 6.25. The Hall–Kier alpha value is -0.690. The van der Waals surface area contributed by atoms with Crippen LogP contribution in [0.3, 0.4) is 0 Å². The normalized spacial score (nSPS) is 9.31. The van der Waals surface area contributed by atoms with Crippen molar-refractivity contribution in [2.75, 3.05) is 0 Å². The van der Waals surface area contributed by atoms with Crippen LogP contribution in [0.5, 0.6) is 0 Å². The van der Waals surface area contributed by atoms with E-state index in [1.54, 1.807) is 6.07 Å². The molecule has 0 bridgehead atoms. The third-order valence-corrected chi connectivity index (χ3v) is 2.40. The number of carbonyl (C=O) groups is 1. The second-order valence-electron chi connectivity index (χ2n) is 2.11. The smallest absolute Gasteiger partial charge is 0.253 e. The van der Waals surface area contributed by atoms with Gasteiger partial charge in [-0.15, -0.1) is 0 Å². The van der Waals surface area contributed by atoms with Crippen LogP contribution in [0, 0.1) is 10.7 Å². The molecule has 0 N–H and O–H groups in total. The second-order valence-corrected chi connectivity index (χ2v) is 3.71. The minimum absolute atomic E-state index is 0.303. The summed E-state index contributed by atoms with van der Waals surface area (Å²) in [5.41, 5.74) is 0.303. The van der Waals surface area contributed by atoms with Crippen LogP contribution in [0.25, 0.3) is 0 Å². The molecule has 13 heavy (non-hydrogen) atoms. The predicted molar refractivity (Wildman–Crippen MR) is 53.1 cm³/mol. The lowest BCUT2D eigenvalue weighted by molar-refractivity contribution is 0.107. The van der Waals surface area contributed by atoms with Gasteiger partial charge in [-0.2, -0.15) is 5.26 Å². The summed E-state index contributed by atoms with van der Waals surface area (Å²) in [6, 6.07) is 4.58. The van der Waals surface area contributed by atoms with Crippen LogP contribution in [0.2, 0.25) is 5.02 Å². The number of hydrogen-bond donors (Lipinski definition) is 0. The summed E-state index contributed by atoms with van der Waals surface area (Å²) in [5, 5.41) is 10.2. The van der Waals surface area contributed by atoms with Crippen molar-refractivity contribution in [3.05, 3.63) is 28.8 Å². The Morgan fingerprint density at radius 1 is 1.54 bits per heavy atom. The van der Waals surface area contributed by atoms with Crippen molar-refractivity contribution in [1.29, 1.82) is 5.26 Å². The van der Waals surface area contributed by atoms with Crippen LogP contribution < -0.4 is 0 Å². The topological polar surface area (TPSA) is 40.9 Å². The van der Waals surface area contributed by atoms with E-state index in [-0.39, 0.29) is 0 Å². The summed E-state index contributed by atoms with van der Waals surface area (Å²) in [6.07, 6.45) is 0. The Balaban J connectivity index is 3.20. The number of thiocyanates is 1. The van der Waals surface area contributed by atoms with Gasteiger partial charge in [0, 0.05) is 15.5 Å². The van der Waals surface area contributed by atoms with Gasteiger partial charge in [0.1, 0.15) is 5.40 Å². The van der Waals surface area contributed by atoms with Gasteiger partial charge in [-0.1, -0.05) is 11.6 Å². The van der Waals surface area contributed by atoms with Gasteiger partial charge >= 0.3 is 0 Å². The van der Waals surface area contributed by atoms with Gasteiger partial charge in [-0.05, 0) is 41.6 Å². The zero-order valence-corrected chi connectivity index (χ0v) is 8.58. The summed E-state index contributed by atoms with van der Waals surface area (Å²) in [4.78, 5) is 11.3. The van der Waals surface area contributed by atoms with E-state index in [0.29, 0.717) is 15.5 Å². The highest BCUT2D eigenvalue weighted by Gasteiger charge is 2.09. The lowest BCUT2D eigenvalue weighted by Gasteiger charge is -2.00. The monoisotopic (exact) mass is 231 g/mol. The minimum Gasteiger partial charge on any atom is -0.276 e. The fourth-order valence-corrected chi connectivity index (χ4v) is 1.80. The van der Waals surface area contributed by atoms with Crippen LogP contribution >= 0.6 is 35.0 Å². The molecule has 2 nitrogen and oxygen atoms in total. The minimum atomic E-state index is -0.589. The van der Waals surface area contributed by atoms with Crippen LogP contribution in [0.15, 0.2) is 23.1 Å². The van der Waals surface area contributed by atoms with E-state index in [9.17, 15) is 4.79 Å². The first-order valence-electron chi connectivity index (χ1n) is 3.20. The summed E-state index contributed by atoms with van der Waals surface area (Å²) < 4.78 is 0. The molecule has 0 saturated heterocycles. The molecule has 1 rings (SSSR count). The molecule has 0 aliphatic carbocycles. The molecule has 66 valence electrons. The van der Waals surface area contributed by atoms with E-state index in [1.807, 2.05) is 5.40 Å². The Morgan fingerprint density at radius 2 is 2.23 bits per heavy atom. The van der Waals surface area contributed by atoms with Crippen molar-refractivity contribution >= 4 is 40.2 Å². The van der Waals surface area contributed by atoms with Crippen molar-refractivity contribution in [2.24, 2.45) is 0 Å². The van der Waals surface area contributed by atoms with E-state index < -0.39 is 5.24 Å². The van der Waals surface area contributed by atoms with Crippen LogP contribution in [-0.4, -0.2) is 5.24 Å². The van der Waals surface area contributed by atoms with E-state index in [1.165, 1.54) is 12.1 Å². The number of hydrogen-bond acceptors (Lipinski definition) is 3. The molecule has 0 aliphatic rings. The number of nitriles is 1. The maximum Gasteiger partial charge on any atom is 0.253 e. The van der Waals surface area contributed by atoms with Gasteiger partial charge in [0.15, 0.2) is 0 Å². The Morgan fingerprint density at radius 3 is 2.77 bits per heavy atom. The lowest BCUT2D eigenvalue weighted by atomic mass is 10.2. The molecular weight excluding hydrogens is 229 g/mol. The highest BCUT2D eigenvalue weighted by molar-refractivity contribution is 8.03. The standard InChI is InChI=1S/C8H3Cl2NOS/c9-5-1-2-6(8(10)12)7(3-5)13-4-11/h1-3H. The van der Waals surface area contributed by atoms with Gasteiger partial charge in [0.05, 0.1) is 0 Å². The first-order valence-corrected chi connectivity index (χ1v) is 4.77. The fraction of sp³-hybridized carbons (Fsp3) is 0. The van der Waals surface area contributed by atoms with Gasteiger partial charge in [-0.3, -0.25) is 4.79 Å². The van der Waals surface area contributed by atoms with Crippen LogP contribution in [0.4, 0.5) is 0 Å². The second kappa shape index (κ2) is 4.52. The molecule has 1 aromatic carbocycles. The number of benzene rings is 1. The molecule has 0 aliphatic heterocycles. The maximum absolute atomic E-state index is 10.9. The van der Waals surface area contributed by atoms with Gasteiger partial charge < -0.3 is 0 Å². The van der Waals surface area contributed by atoms with Gasteiger partial charge in [0.2, 0.25) is 0 Å². The van der Waals surface area contributed by atoms with Crippen LogP contribution in [0.1, 0.15) is 10.4 Å². The van der Waals surface area contributed by atoms with E-state index in [2.05, 4.69) is 0 Å². The average Bonchev–Trinajstić information content (AvgIpc) is 2.04. The number of rotatable bonds is 2. The fourth-order valence-electron chi connectivity index (χ4n) is 0.792. The first kappa shape index (κ1) is 10.4. The van der Waals surface area contributed by atoms with E-state index in [0.717, 1.165) is 11.8 Å². The molecule has 0 heterocycles. The molecule has 0 aromatic heterocycles. The predicted octanol–water partition coefficient (Wildman–Crippen LogP) is 3.29. The van der Waals surface area contributed by atoms with Crippen molar-refractivity contribution in [1.82, 2.24) is 0 Å². The molecule has 0 spiro atoms. The Kier molecular flexibility index (Phi) is 3.61. The third kappa shape index (κ3) is 2.63. The number of carbonyl (C=O) groups excluding carboxylic acids is 1. The molecule has 0 saturated carbocycles. The van der Waals surface area contributed by atoms with Crippen molar-refractivity contribution in [3.8, 4) is 5.40 Å². The Bertz CT molecular complexity index is 386. The van der Waals surface area contributed by atoms with Gasteiger partial charge in [-0.25, -0.2) is 0 Å². The zero-order chi connectivity index (χ0) is 9.84. The van der Waals surface area contributed by atoms with E-state index in [4.69, 9.17) is 28.5 Å². The lowest BCUT2D eigenvalue weighted by Crippen LogP contribution is -1.91. The summed E-state index contributed by atoms with van der Waals surface area (Å²) in [7, 11) is 0. The maximum atomic E-state index is 10.9. The van der Waals surface area contributed by atoms with E-state index >= 15 is 0 Å². The molecule has 5 heteroatoms. The summed E-state index contributed by atoms with van der Waals surface area (Å²) in [5.74, 6) is 0. The van der Waals surface area contributed by atoms with Crippen LogP contribution in [-0.2, 0) is 0 Å². The summed E-state index contributed by atoms with van der Waals surface area (Å²) >= 11 is 11.8. The Labute approximate surface area is 89.4 Å². The molecule has 0 radical (unpaired) electrons. The third-order valence-electron chi connectivity index (χ3n) is 1.31. The first-order chi connectivity index (χ1) is 6.15. The average molecular weight is 232 g/mol. The highest BCUT2D eigenvalue weighted by Crippen LogP contribution is 2.26. The van der Waals surface area contributed by atoms with Crippen molar-refractivity contribution < 1.29 is 4.79 Å². The molecular formula is C8H3Cl2NOS. The number of halogens is 2. The highest BCUT2D eigenvalue weighted by atomic mass is 35.5. The molecule has 1 aromatic rings. The number of nitrogens with zero attached hydrogens (tertiary/aromatic N) is 1.